The van der Waals surface area contributed by atoms with Gasteiger partial charge < -0.3 is 0 Å². The maximum absolute atomic E-state index is 14.9. The van der Waals surface area contributed by atoms with Crippen molar-refractivity contribution in [1.29, 1.82) is 0 Å². The van der Waals surface area contributed by atoms with Gasteiger partial charge in [0.15, 0.2) is 0 Å². The first-order chi connectivity index (χ1) is 19.1. The van der Waals surface area contributed by atoms with E-state index in [1.807, 2.05) is 68.4 Å². The third kappa shape index (κ3) is 4.16. The fourth-order valence-electron chi connectivity index (χ4n) is 6.07. The largest absolute Gasteiger partial charge is 0.291 e. The molecule has 40 heavy (non-hydrogen) atoms. The number of hydrogen-bond donors (Lipinski definition) is 0. The fraction of sp³-hybridized carbons (Fsp3) is 0.219. The van der Waals surface area contributed by atoms with E-state index in [1.165, 1.54) is 0 Å². The zero-order valence-electron chi connectivity index (χ0n) is 22.4. The molecule has 3 atom stereocenters. The molecule has 1 amide bonds. The molecule has 0 N–H and O–H groups in total. The maximum Gasteiger partial charge on any atom is 0.270 e. The lowest BCUT2D eigenvalue weighted by Gasteiger charge is -2.48. The van der Waals surface area contributed by atoms with Crippen LogP contribution in [0.5, 0.6) is 0 Å². The molecular weight excluding hydrogens is 544 g/mol. The van der Waals surface area contributed by atoms with Gasteiger partial charge in [0.25, 0.3) is 15.9 Å². The Morgan fingerprint density at radius 1 is 0.850 bits per heavy atom. The monoisotopic (exact) mass is 572 g/mol. The highest BCUT2D eigenvalue weighted by molar-refractivity contribution is 7.93. The Hall–Kier alpha value is -3.49. The van der Waals surface area contributed by atoms with Crippen LogP contribution in [0.1, 0.15) is 46.4 Å². The summed E-state index contributed by atoms with van der Waals surface area (Å²) in [6.07, 6.45) is -0.269. The van der Waals surface area contributed by atoms with Crippen molar-refractivity contribution in [1.82, 2.24) is 5.06 Å². The highest BCUT2D eigenvalue weighted by Crippen LogP contribution is 2.59. The van der Waals surface area contributed by atoms with Gasteiger partial charge in [0.05, 0.1) is 16.6 Å². The van der Waals surface area contributed by atoms with Crippen LogP contribution in [-0.2, 0) is 25.1 Å². The van der Waals surface area contributed by atoms with Crippen LogP contribution in [0, 0.1) is 13.8 Å². The van der Waals surface area contributed by atoms with Gasteiger partial charge in [-0.3, -0.25) is 9.63 Å². The van der Waals surface area contributed by atoms with E-state index in [4.69, 9.17) is 16.4 Å². The quantitative estimate of drug-likeness (QED) is 0.273. The standard InChI is InChI=1S/C32H29ClN2O4S/c1-21-9-13-23(14-10-21)29-20-32(30(34(3)39-29)24-7-5-4-6-8-24)27-19-25(33)15-18-28(27)35(31(32)36)40(37,38)26-16-11-22(2)12-17-26/h4-19,29-30H,20H2,1-3H3/t29-,30+,32+/m0/s1. The molecule has 6 rings (SSSR count). The number of sulfonamides is 1. The van der Waals surface area contributed by atoms with Crippen LogP contribution < -0.4 is 4.31 Å². The predicted octanol–water partition coefficient (Wildman–Crippen LogP) is 6.68. The number of fused-ring (bicyclic) bond motifs is 2. The number of benzene rings is 4. The van der Waals surface area contributed by atoms with Gasteiger partial charge in [0.2, 0.25) is 0 Å². The van der Waals surface area contributed by atoms with E-state index in [1.54, 1.807) is 54.6 Å². The van der Waals surface area contributed by atoms with Gasteiger partial charge in [0, 0.05) is 18.5 Å². The summed E-state index contributed by atoms with van der Waals surface area (Å²) < 4.78 is 29.3. The topological polar surface area (TPSA) is 66.9 Å². The first-order valence-electron chi connectivity index (χ1n) is 13.1. The molecular formula is C32H29ClN2O4S. The smallest absolute Gasteiger partial charge is 0.270 e. The molecule has 4 aromatic rings. The van der Waals surface area contributed by atoms with E-state index < -0.39 is 33.5 Å². The van der Waals surface area contributed by atoms with Gasteiger partial charge in [-0.05, 0) is 60.9 Å². The molecule has 4 aromatic carbocycles. The minimum atomic E-state index is -4.24. The molecule has 2 heterocycles. The third-order valence-corrected chi connectivity index (χ3v) is 9.93. The van der Waals surface area contributed by atoms with Crippen LogP contribution in [0.3, 0.4) is 0 Å². The van der Waals surface area contributed by atoms with Gasteiger partial charge in [-0.25, -0.2) is 12.7 Å². The Labute approximate surface area is 239 Å². The first kappa shape index (κ1) is 26.7. The van der Waals surface area contributed by atoms with Crippen molar-refractivity contribution in [3.63, 3.8) is 0 Å². The van der Waals surface area contributed by atoms with Crippen molar-refractivity contribution in [2.75, 3.05) is 11.4 Å². The van der Waals surface area contributed by atoms with E-state index in [9.17, 15) is 13.2 Å². The molecule has 0 saturated carbocycles. The summed E-state index contributed by atoms with van der Waals surface area (Å²) in [5.41, 5.74) is 3.35. The zero-order valence-corrected chi connectivity index (χ0v) is 24.0. The normalized spacial score (nSPS) is 23.0. The van der Waals surface area contributed by atoms with E-state index >= 15 is 0 Å². The average Bonchev–Trinajstić information content (AvgIpc) is 3.17. The summed E-state index contributed by atoms with van der Waals surface area (Å²) in [4.78, 5) is 21.4. The molecule has 8 heteroatoms. The number of amides is 1. The summed E-state index contributed by atoms with van der Waals surface area (Å²) in [5.74, 6) is -0.522. The third-order valence-electron chi connectivity index (χ3n) is 7.98. The van der Waals surface area contributed by atoms with E-state index in [2.05, 4.69) is 0 Å². The lowest BCUT2D eigenvalue weighted by molar-refractivity contribution is -0.258. The molecule has 0 radical (unpaired) electrons. The number of aryl methyl sites for hydroxylation is 2. The summed E-state index contributed by atoms with van der Waals surface area (Å²) >= 11 is 6.55. The molecule has 204 valence electrons. The van der Waals surface area contributed by atoms with Crippen LogP contribution in [0.15, 0.2) is 102 Å². The van der Waals surface area contributed by atoms with Crippen molar-refractivity contribution in [3.8, 4) is 0 Å². The number of nitrogens with zero attached hydrogens (tertiary/aromatic N) is 2. The van der Waals surface area contributed by atoms with Crippen LogP contribution >= 0.6 is 11.6 Å². The minimum absolute atomic E-state index is 0.0520. The van der Waals surface area contributed by atoms with Crippen LogP contribution in [0.25, 0.3) is 0 Å². The molecule has 0 aliphatic carbocycles. The van der Waals surface area contributed by atoms with Crippen LogP contribution in [-0.4, -0.2) is 26.4 Å². The zero-order chi connectivity index (χ0) is 28.2. The summed E-state index contributed by atoms with van der Waals surface area (Å²) in [5, 5.41) is 2.13. The molecule has 0 aromatic heterocycles. The van der Waals surface area contributed by atoms with Crippen molar-refractivity contribution in [2.45, 2.75) is 42.7 Å². The number of halogens is 1. The average molecular weight is 573 g/mol. The Kier molecular flexibility index (Phi) is 6.58. The summed E-state index contributed by atoms with van der Waals surface area (Å²) in [7, 11) is -2.44. The molecule has 6 nitrogen and oxygen atoms in total. The number of carbonyl (C=O) groups is 1. The second-order valence-electron chi connectivity index (χ2n) is 10.6. The van der Waals surface area contributed by atoms with Crippen LogP contribution in [0.2, 0.25) is 5.02 Å². The molecule has 2 aliphatic rings. The number of carbonyl (C=O) groups excluding carboxylic acids is 1. The van der Waals surface area contributed by atoms with Crippen LogP contribution in [0.4, 0.5) is 5.69 Å². The molecule has 2 aliphatic heterocycles. The number of hydrogen-bond acceptors (Lipinski definition) is 5. The van der Waals surface area contributed by atoms with E-state index in [0.717, 1.165) is 26.6 Å². The molecule has 0 bridgehead atoms. The highest BCUT2D eigenvalue weighted by atomic mass is 35.5. The van der Waals surface area contributed by atoms with Crippen molar-refractivity contribution in [2.24, 2.45) is 0 Å². The Morgan fingerprint density at radius 3 is 2.12 bits per heavy atom. The lowest BCUT2D eigenvalue weighted by atomic mass is 9.67. The number of likely N-dealkylation sites (N-methyl/N-ethyl adjacent to an activating group) is 1. The predicted molar refractivity (Wildman–Crippen MR) is 156 cm³/mol. The Bertz CT molecular complexity index is 1690. The van der Waals surface area contributed by atoms with Gasteiger partial charge in [0.1, 0.15) is 11.5 Å². The van der Waals surface area contributed by atoms with Gasteiger partial charge in [-0.15, -0.1) is 0 Å². The van der Waals surface area contributed by atoms with Crippen molar-refractivity contribution >= 4 is 33.2 Å². The number of rotatable bonds is 4. The van der Waals surface area contributed by atoms with Crippen molar-refractivity contribution in [3.05, 3.63) is 130 Å². The van der Waals surface area contributed by atoms with Gasteiger partial charge in [-0.1, -0.05) is 89.5 Å². The highest BCUT2D eigenvalue weighted by Gasteiger charge is 2.63. The minimum Gasteiger partial charge on any atom is -0.291 e. The second-order valence-corrected chi connectivity index (χ2v) is 12.8. The SMILES string of the molecule is Cc1ccc([C@@H]2C[C@]3(C(=O)N(S(=O)(=O)c4ccc(C)cc4)c4ccc(Cl)cc43)[C@@H](c3ccccc3)N(C)O2)cc1. The molecule has 0 unspecified atom stereocenters. The van der Waals surface area contributed by atoms with E-state index in [-0.39, 0.29) is 11.3 Å². The number of anilines is 1. The summed E-state index contributed by atoms with van der Waals surface area (Å²) in [6, 6.07) is 28.5. The Morgan fingerprint density at radius 2 is 1.48 bits per heavy atom. The second kappa shape index (κ2) is 9.85. The molecule has 1 fully saturated rings. The Balaban J connectivity index is 1.60. The lowest BCUT2D eigenvalue weighted by Crippen LogP contribution is -2.55. The molecule has 1 spiro atoms. The van der Waals surface area contributed by atoms with E-state index in [0.29, 0.717) is 16.3 Å². The molecule has 1 saturated heterocycles. The number of hydroxylamine groups is 2. The fourth-order valence-corrected chi connectivity index (χ4v) is 7.73. The van der Waals surface area contributed by atoms with Crippen molar-refractivity contribution < 1.29 is 18.0 Å². The first-order valence-corrected chi connectivity index (χ1v) is 14.9. The van der Waals surface area contributed by atoms with Gasteiger partial charge in [-0.2, -0.15) is 5.06 Å². The van der Waals surface area contributed by atoms with Gasteiger partial charge >= 0.3 is 0 Å². The summed E-state index contributed by atoms with van der Waals surface area (Å²) in [6.45, 7) is 3.90. The maximum atomic E-state index is 14.9.